The highest BCUT2D eigenvalue weighted by molar-refractivity contribution is 8.13. The summed E-state index contributed by atoms with van der Waals surface area (Å²) in [5, 5.41) is 4.61. The Labute approximate surface area is 122 Å². The second-order valence-corrected chi connectivity index (χ2v) is 6.83. The molecule has 0 bridgehead atoms. The highest BCUT2D eigenvalue weighted by atomic mass is 32.2. The summed E-state index contributed by atoms with van der Waals surface area (Å²) in [4.78, 5) is 4.77. The molecule has 1 aliphatic heterocycles. The molecule has 0 aromatic carbocycles. The van der Waals surface area contributed by atoms with E-state index in [0.717, 1.165) is 44.3 Å². The first-order chi connectivity index (χ1) is 9.35. The normalized spacial score (nSPS) is 22.3. The molecule has 19 heavy (non-hydrogen) atoms. The first kappa shape index (κ1) is 15.2. The van der Waals surface area contributed by atoms with Crippen molar-refractivity contribution in [3.63, 3.8) is 0 Å². The molecule has 1 spiro atoms. The molecule has 4 heteroatoms. The molecule has 0 aromatic heterocycles. The van der Waals surface area contributed by atoms with Gasteiger partial charge in [-0.3, -0.25) is 4.99 Å². The van der Waals surface area contributed by atoms with Gasteiger partial charge in [-0.15, -0.1) is 0 Å². The zero-order chi connectivity index (χ0) is 13.4. The van der Waals surface area contributed by atoms with Crippen LogP contribution in [0.15, 0.2) is 4.99 Å². The van der Waals surface area contributed by atoms with Gasteiger partial charge in [0, 0.05) is 32.1 Å². The molecule has 1 fully saturated rings. The van der Waals surface area contributed by atoms with E-state index in [1.165, 1.54) is 37.9 Å². The monoisotopic (exact) mass is 284 g/mol. The van der Waals surface area contributed by atoms with Crippen LogP contribution in [0.4, 0.5) is 0 Å². The third-order valence-corrected chi connectivity index (χ3v) is 5.38. The largest absolute Gasteiger partial charge is 0.381 e. The topological polar surface area (TPSA) is 33.6 Å². The molecule has 0 radical (unpaired) electrons. The molecule has 1 heterocycles. The van der Waals surface area contributed by atoms with Crippen LogP contribution in [0.3, 0.4) is 0 Å². The number of aliphatic imine (C=N–C) groups is 1. The van der Waals surface area contributed by atoms with E-state index in [9.17, 15) is 0 Å². The minimum absolute atomic E-state index is 0.540. The number of hydrogen-bond acceptors (Lipinski definition) is 4. The molecule has 0 saturated heterocycles. The van der Waals surface area contributed by atoms with E-state index in [4.69, 9.17) is 9.73 Å². The summed E-state index contributed by atoms with van der Waals surface area (Å²) in [6, 6.07) is 0. The van der Waals surface area contributed by atoms with Crippen molar-refractivity contribution >= 4 is 16.9 Å². The van der Waals surface area contributed by atoms with Gasteiger partial charge in [-0.05, 0) is 31.1 Å². The summed E-state index contributed by atoms with van der Waals surface area (Å²) in [5.74, 6) is 1.27. The molecule has 0 atom stereocenters. The number of rotatable bonds is 6. The fourth-order valence-corrected chi connectivity index (χ4v) is 4.06. The van der Waals surface area contributed by atoms with Gasteiger partial charge >= 0.3 is 0 Å². The summed E-state index contributed by atoms with van der Waals surface area (Å²) < 4.78 is 5.48. The number of amidine groups is 1. The van der Waals surface area contributed by atoms with Crippen LogP contribution in [0.5, 0.6) is 0 Å². The maximum Gasteiger partial charge on any atom is 0.156 e. The van der Waals surface area contributed by atoms with Crippen molar-refractivity contribution in [2.45, 2.75) is 51.9 Å². The van der Waals surface area contributed by atoms with Gasteiger partial charge in [0.2, 0.25) is 0 Å². The van der Waals surface area contributed by atoms with Crippen LogP contribution >= 0.6 is 11.8 Å². The molecule has 2 rings (SSSR count). The molecule has 2 aliphatic rings. The summed E-state index contributed by atoms with van der Waals surface area (Å²) in [5.41, 5.74) is 0.540. The van der Waals surface area contributed by atoms with Crippen LogP contribution < -0.4 is 5.32 Å². The van der Waals surface area contributed by atoms with Crippen LogP contribution in [-0.4, -0.2) is 37.2 Å². The minimum atomic E-state index is 0.540. The van der Waals surface area contributed by atoms with Crippen molar-refractivity contribution in [2.75, 3.05) is 32.1 Å². The van der Waals surface area contributed by atoms with E-state index in [1.807, 2.05) is 11.8 Å². The highest BCUT2D eigenvalue weighted by Gasteiger charge is 2.34. The number of nitrogens with zero attached hydrogens (tertiary/aromatic N) is 1. The van der Waals surface area contributed by atoms with Gasteiger partial charge in [0.05, 0.1) is 0 Å². The molecule has 0 aromatic rings. The lowest BCUT2D eigenvalue weighted by Crippen LogP contribution is -2.37. The molecule has 1 saturated carbocycles. The van der Waals surface area contributed by atoms with Crippen molar-refractivity contribution in [3.8, 4) is 0 Å². The van der Waals surface area contributed by atoms with E-state index in [0.29, 0.717) is 5.41 Å². The highest BCUT2D eigenvalue weighted by Crippen LogP contribution is 2.41. The fraction of sp³-hybridized carbons (Fsp3) is 0.933. The third kappa shape index (κ3) is 4.99. The molecule has 3 nitrogen and oxygen atoms in total. The lowest BCUT2D eigenvalue weighted by molar-refractivity contribution is 0.133. The Hall–Kier alpha value is -0.220. The Morgan fingerprint density at radius 3 is 2.79 bits per heavy atom. The lowest BCUT2D eigenvalue weighted by atomic mass is 9.75. The maximum absolute atomic E-state index is 5.48. The molecule has 110 valence electrons. The van der Waals surface area contributed by atoms with Crippen LogP contribution in [0, 0.1) is 5.41 Å². The van der Waals surface area contributed by atoms with Gasteiger partial charge in [-0.2, -0.15) is 0 Å². The quantitative estimate of drug-likeness (QED) is 0.759. The lowest BCUT2D eigenvalue weighted by Gasteiger charge is -2.38. The van der Waals surface area contributed by atoms with E-state index in [-0.39, 0.29) is 0 Å². The van der Waals surface area contributed by atoms with E-state index in [1.54, 1.807) is 0 Å². The zero-order valence-electron chi connectivity index (χ0n) is 12.2. The van der Waals surface area contributed by atoms with Crippen LogP contribution in [-0.2, 0) is 4.74 Å². The Bertz CT molecular complexity index is 288. The van der Waals surface area contributed by atoms with Crippen molar-refractivity contribution in [3.05, 3.63) is 0 Å². The molecular weight excluding hydrogens is 256 g/mol. The van der Waals surface area contributed by atoms with Crippen LogP contribution in [0.25, 0.3) is 0 Å². The maximum atomic E-state index is 5.48. The van der Waals surface area contributed by atoms with E-state index >= 15 is 0 Å². The second-order valence-electron chi connectivity index (χ2n) is 5.86. The molecular formula is C15H28N2OS. The number of hydrogen-bond donors (Lipinski definition) is 1. The molecule has 1 N–H and O–H groups in total. The Morgan fingerprint density at radius 1 is 1.26 bits per heavy atom. The molecule has 0 unspecified atom stereocenters. The van der Waals surface area contributed by atoms with E-state index < -0.39 is 0 Å². The van der Waals surface area contributed by atoms with Crippen molar-refractivity contribution in [1.29, 1.82) is 0 Å². The first-order valence-electron chi connectivity index (χ1n) is 7.83. The number of ether oxygens (including phenoxy) is 1. The van der Waals surface area contributed by atoms with Crippen molar-refractivity contribution in [2.24, 2.45) is 10.4 Å². The minimum Gasteiger partial charge on any atom is -0.381 e. The second kappa shape index (κ2) is 8.15. The SMILES string of the molecule is CCCOCCCNC1=NCC2(CCCCC2)CS1. The van der Waals surface area contributed by atoms with Crippen LogP contribution in [0.2, 0.25) is 0 Å². The summed E-state index contributed by atoms with van der Waals surface area (Å²) >= 11 is 1.93. The Morgan fingerprint density at radius 2 is 2.11 bits per heavy atom. The summed E-state index contributed by atoms with van der Waals surface area (Å²) in [7, 11) is 0. The van der Waals surface area contributed by atoms with Gasteiger partial charge in [-0.1, -0.05) is 37.9 Å². The van der Waals surface area contributed by atoms with Gasteiger partial charge in [-0.25, -0.2) is 0 Å². The van der Waals surface area contributed by atoms with Crippen molar-refractivity contribution < 1.29 is 4.74 Å². The zero-order valence-corrected chi connectivity index (χ0v) is 13.1. The first-order valence-corrected chi connectivity index (χ1v) is 8.82. The van der Waals surface area contributed by atoms with Gasteiger partial charge < -0.3 is 10.1 Å². The molecule has 0 amide bonds. The van der Waals surface area contributed by atoms with Crippen molar-refractivity contribution in [1.82, 2.24) is 5.32 Å². The number of nitrogens with one attached hydrogen (secondary N) is 1. The molecule has 1 aliphatic carbocycles. The Balaban J connectivity index is 1.61. The van der Waals surface area contributed by atoms with Gasteiger partial charge in [0.15, 0.2) is 5.17 Å². The standard InChI is InChI=1S/C15H28N2OS/c1-2-10-18-11-6-9-16-14-17-12-15(13-19-14)7-4-3-5-8-15/h2-13H2,1H3,(H,16,17). The third-order valence-electron chi connectivity index (χ3n) is 4.08. The fourth-order valence-electron chi connectivity index (χ4n) is 2.88. The average molecular weight is 284 g/mol. The summed E-state index contributed by atoms with van der Waals surface area (Å²) in [6.07, 6.45) is 9.21. The van der Waals surface area contributed by atoms with E-state index in [2.05, 4.69) is 12.2 Å². The van der Waals surface area contributed by atoms with Gasteiger partial charge in [0.25, 0.3) is 0 Å². The smallest absolute Gasteiger partial charge is 0.156 e. The average Bonchev–Trinajstić information content (AvgIpc) is 2.46. The number of thioether (sulfide) groups is 1. The van der Waals surface area contributed by atoms with Crippen LogP contribution in [0.1, 0.15) is 51.9 Å². The van der Waals surface area contributed by atoms with Gasteiger partial charge in [0.1, 0.15) is 0 Å². The Kier molecular flexibility index (Phi) is 6.51. The predicted octanol–water partition coefficient (Wildman–Crippen LogP) is 3.45. The summed E-state index contributed by atoms with van der Waals surface area (Å²) in [6.45, 7) is 5.94. The predicted molar refractivity (Wildman–Crippen MR) is 84.0 cm³/mol.